The van der Waals surface area contributed by atoms with Crippen LogP contribution in [-0.4, -0.2) is 27.9 Å². The molecule has 0 rings (SSSR count). The van der Waals surface area contributed by atoms with Crippen molar-refractivity contribution in [3.05, 3.63) is 0 Å². The van der Waals surface area contributed by atoms with E-state index in [1.807, 2.05) is 0 Å². The van der Waals surface area contributed by atoms with Gasteiger partial charge in [-0.3, -0.25) is 0 Å². The molecule has 0 aromatic heterocycles. The Balaban J connectivity index is 5.02. The first kappa shape index (κ1) is 17.6. The number of rotatable bonds is 8. The fourth-order valence-electron chi connectivity index (χ4n) is 1.35. The monoisotopic (exact) mass is 293 g/mol. The van der Waals surface area contributed by atoms with Gasteiger partial charge in [-0.25, -0.2) is 0 Å². The van der Waals surface area contributed by atoms with E-state index in [9.17, 15) is 14.4 Å². The predicted octanol–water partition coefficient (Wildman–Crippen LogP) is 1.61. The molecule has 0 aromatic carbocycles. The molecule has 103 valence electrons. The van der Waals surface area contributed by atoms with Crippen molar-refractivity contribution in [2.24, 2.45) is 5.92 Å². The van der Waals surface area contributed by atoms with Crippen LogP contribution in [-0.2, 0) is 39.7 Å². The molecule has 0 atom stereocenters. The van der Waals surface area contributed by atoms with Crippen molar-refractivity contribution in [1.29, 1.82) is 0 Å². The SMILES string of the molecule is CC(=O)C(C(C)=O)[C](=O)[Ti]([O]C(C)C)[O]C(C)C. The standard InChI is InChI=1S/C6H7O3.2C3H7O.Ti/c1-4(8)6(3-7)5(2)9;2*1-3(2)4;/h6H,1-2H3;2*3H,1-2H3;/q;2*-1;+2. The molecule has 0 heterocycles. The summed E-state index contributed by atoms with van der Waals surface area (Å²) < 4.78 is 10.5. The van der Waals surface area contributed by atoms with Crippen LogP contribution in [0.5, 0.6) is 0 Å². The van der Waals surface area contributed by atoms with E-state index in [1.54, 1.807) is 27.7 Å². The third-order valence-corrected chi connectivity index (χ3v) is 5.18. The average Bonchev–Trinajstić information content (AvgIpc) is 2.13. The quantitative estimate of drug-likeness (QED) is 0.502. The molecule has 0 amide bonds. The molecule has 0 aliphatic rings. The number of hydrogen-bond donors (Lipinski definition) is 0. The summed E-state index contributed by atoms with van der Waals surface area (Å²) in [7, 11) is 0. The second-order valence-electron chi connectivity index (χ2n) is 4.64. The summed E-state index contributed by atoms with van der Waals surface area (Å²) in [5.41, 5.74) is 0. The molecule has 0 saturated heterocycles. The Bertz CT molecular complexity index is 300. The number of Topliss-reactive ketones (excluding diaryl/α,β-unsaturated/α-hetero) is 2. The molecular formula is C12H21O5Ti. The van der Waals surface area contributed by atoms with Crippen LogP contribution in [0.3, 0.4) is 0 Å². The van der Waals surface area contributed by atoms with Gasteiger partial charge in [-0.1, -0.05) is 0 Å². The van der Waals surface area contributed by atoms with Gasteiger partial charge >= 0.3 is 115 Å². The predicted molar refractivity (Wildman–Crippen MR) is 62.3 cm³/mol. The minimum atomic E-state index is -3.00. The van der Waals surface area contributed by atoms with E-state index >= 15 is 0 Å². The molecule has 0 bridgehead atoms. The van der Waals surface area contributed by atoms with E-state index in [0.29, 0.717) is 0 Å². The molecule has 0 N–H and O–H groups in total. The van der Waals surface area contributed by atoms with Crippen molar-refractivity contribution >= 4 is 15.7 Å². The molecule has 0 aromatic rings. The van der Waals surface area contributed by atoms with Gasteiger partial charge in [0.2, 0.25) is 0 Å². The summed E-state index contributed by atoms with van der Waals surface area (Å²) >= 11 is -3.00. The van der Waals surface area contributed by atoms with Crippen LogP contribution < -0.4 is 0 Å². The molecule has 0 aliphatic heterocycles. The van der Waals surface area contributed by atoms with Crippen molar-refractivity contribution in [1.82, 2.24) is 0 Å². The molecule has 18 heavy (non-hydrogen) atoms. The number of hydrogen-bond acceptors (Lipinski definition) is 5. The van der Waals surface area contributed by atoms with Crippen LogP contribution in [0.15, 0.2) is 0 Å². The van der Waals surface area contributed by atoms with Crippen LogP contribution in [0.2, 0.25) is 0 Å². The van der Waals surface area contributed by atoms with Crippen molar-refractivity contribution in [3.8, 4) is 0 Å². The Hall–Kier alpha value is -0.356. The topological polar surface area (TPSA) is 69.7 Å². The van der Waals surface area contributed by atoms with Gasteiger partial charge in [-0.05, 0) is 0 Å². The van der Waals surface area contributed by atoms with Gasteiger partial charge in [-0.2, -0.15) is 0 Å². The summed E-state index contributed by atoms with van der Waals surface area (Å²) in [6.07, 6.45) is -0.329. The Labute approximate surface area is 115 Å². The first-order valence-electron chi connectivity index (χ1n) is 5.92. The third kappa shape index (κ3) is 6.00. The van der Waals surface area contributed by atoms with Crippen molar-refractivity contribution < 1.29 is 39.7 Å². The third-order valence-electron chi connectivity index (χ3n) is 1.96. The molecule has 6 heteroatoms. The van der Waals surface area contributed by atoms with E-state index < -0.39 is 40.2 Å². The number of carbonyl (C=O) groups is 3. The summed E-state index contributed by atoms with van der Waals surface area (Å²) in [6, 6.07) is 0. The zero-order valence-corrected chi connectivity index (χ0v) is 13.3. The minimum absolute atomic E-state index is 0.165. The van der Waals surface area contributed by atoms with Crippen LogP contribution >= 0.6 is 0 Å². The van der Waals surface area contributed by atoms with E-state index in [2.05, 4.69) is 0 Å². The van der Waals surface area contributed by atoms with E-state index in [4.69, 9.17) is 6.64 Å². The van der Waals surface area contributed by atoms with Gasteiger partial charge in [0.05, 0.1) is 0 Å². The summed E-state index contributed by atoms with van der Waals surface area (Å²) in [5, 5.41) is 0. The summed E-state index contributed by atoms with van der Waals surface area (Å²) in [5.74, 6) is -2.12. The molecule has 0 saturated carbocycles. The Morgan fingerprint density at radius 2 is 1.17 bits per heavy atom. The van der Waals surface area contributed by atoms with Gasteiger partial charge in [0, 0.05) is 0 Å². The second kappa shape index (κ2) is 7.94. The van der Waals surface area contributed by atoms with Crippen LogP contribution in [0.4, 0.5) is 0 Å². The Morgan fingerprint density at radius 3 is 1.39 bits per heavy atom. The van der Waals surface area contributed by atoms with Crippen molar-refractivity contribution in [2.45, 2.75) is 53.8 Å². The number of carbonyl (C=O) groups excluding carboxylic acids is 3. The second-order valence-corrected chi connectivity index (χ2v) is 7.04. The zero-order valence-electron chi connectivity index (χ0n) is 11.8. The first-order chi connectivity index (χ1) is 8.16. The van der Waals surface area contributed by atoms with Gasteiger partial charge in [0.1, 0.15) is 0 Å². The molecule has 0 aliphatic carbocycles. The van der Waals surface area contributed by atoms with Crippen LogP contribution in [0.25, 0.3) is 0 Å². The fraction of sp³-hybridized carbons (Fsp3) is 0.750. The fourth-order valence-corrected chi connectivity index (χ4v) is 4.13. The maximum absolute atomic E-state index is 12.2. The average molecular weight is 293 g/mol. The van der Waals surface area contributed by atoms with Gasteiger partial charge in [0.15, 0.2) is 0 Å². The molecule has 0 spiro atoms. The van der Waals surface area contributed by atoms with Crippen molar-refractivity contribution in [3.63, 3.8) is 0 Å². The molecule has 5 nitrogen and oxygen atoms in total. The Morgan fingerprint density at radius 1 is 0.833 bits per heavy atom. The molecule has 0 radical (unpaired) electrons. The summed E-state index contributed by atoms with van der Waals surface area (Å²) in [6.45, 7) is 9.65. The van der Waals surface area contributed by atoms with E-state index in [0.717, 1.165) is 0 Å². The van der Waals surface area contributed by atoms with Crippen molar-refractivity contribution in [2.75, 3.05) is 0 Å². The maximum atomic E-state index is 12.2. The van der Waals surface area contributed by atoms with Gasteiger partial charge in [-0.15, -0.1) is 0 Å². The van der Waals surface area contributed by atoms with E-state index in [1.165, 1.54) is 13.8 Å². The molecule has 0 unspecified atom stereocenters. The zero-order chi connectivity index (χ0) is 14.5. The normalized spacial score (nSPS) is 11.2. The molecule has 0 fully saturated rings. The van der Waals surface area contributed by atoms with Crippen LogP contribution in [0.1, 0.15) is 41.5 Å². The van der Waals surface area contributed by atoms with E-state index in [-0.39, 0.29) is 12.2 Å². The first-order valence-corrected chi connectivity index (χ1v) is 7.97. The molecular weight excluding hydrogens is 272 g/mol. The van der Waals surface area contributed by atoms with Gasteiger partial charge < -0.3 is 0 Å². The summed E-state index contributed by atoms with van der Waals surface area (Å²) in [4.78, 5) is 34.9. The number of ketones is 2. The Kier molecular flexibility index (Phi) is 7.79. The van der Waals surface area contributed by atoms with Gasteiger partial charge in [0.25, 0.3) is 0 Å². The van der Waals surface area contributed by atoms with Crippen LogP contribution in [0, 0.1) is 5.92 Å².